The summed E-state index contributed by atoms with van der Waals surface area (Å²) in [7, 11) is 0. The van der Waals surface area contributed by atoms with E-state index in [0.29, 0.717) is 11.3 Å². The minimum Gasteiger partial charge on any atom is -0.481 e. The molecule has 0 bridgehead atoms. The number of carboxylic acid groups (broad SMARTS) is 1. The number of amides is 1. The van der Waals surface area contributed by atoms with Crippen molar-refractivity contribution in [3.05, 3.63) is 53.8 Å². The van der Waals surface area contributed by atoms with Gasteiger partial charge >= 0.3 is 5.97 Å². The molecule has 1 saturated heterocycles. The molecular weight excluding hydrogens is 297 g/mol. The second-order valence-corrected chi connectivity index (χ2v) is 5.77. The molecule has 1 aliphatic heterocycles. The average molecular weight is 313 g/mol. The van der Waals surface area contributed by atoms with E-state index in [2.05, 4.69) is 0 Å². The zero-order chi connectivity index (χ0) is 16.6. The van der Waals surface area contributed by atoms with Gasteiger partial charge in [-0.3, -0.25) is 9.59 Å². The first kappa shape index (κ1) is 15.2. The lowest BCUT2D eigenvalue weighted by atomic mass is 10.0. The monoisotopic (exact) mass is 313 g/mol. The van der Waals surface area contributed by atoms with Crippen molar-refractivity contribution >= 4 is 17.6 Å². The Bertz CT molecular complexity index is 770. The number of hydrogen-bond donors (Lipinski definition) is 1. The number of carboxylic acids is 1. The number of carbonyl (C=O) groups is 2. The molecule has 4 nitrogen and oxygen atoms in total. The van der Waals surface area contributed by atoms with E-state index in [0.717, 1.165) is 11.1 Å². The van der Waals surface area contributed by atoms with Gasteiger partial charge in [0.2, 0.25) is 5.91 Å². The molecule has 0 aromatic heterocycles. The van der Waals surface area contributed by atoms with E-state index >= 15 is 0 Å². The molecule has 1 atom stereocenters. The first-order chi connectivity index (χ1) is 11.0. The van der Waals surface area contributed by atoms with Crippen LogP contribution in [0.2, 0.25) is 0 Å². The third kappa shape index (κ3) is 2.95. The minimum atomic E-state index is -0.959. The summed E-state index contributed by atoms with van der Waals surface area (Å²) in [6.07, 6.45) is 0.0175. The van der Waals surface area contributed by atoms with E-state index in [1.165, 1.54) is 11.0 Å². The second-order valence-electron chi connectivity index (χ2n) is 5.77. The van der Waals surface area contributed by atoms with Crippen LogP contribution in [0.1, 0.15) is 12.0 Å². The van der Waals surface area contributed by atoms with Crippen LogP contribution >= 0.6 is 0 Å². The van der Waals surface area contributed by atoms with E-state index in [9.17, 15) is 14.0 Å². The minimum absolute atomic E-state index is 0.0175. The van der Waals surface area contributed by atoms with Crippen molar-refractivity contribution in [3.63, 3.8) is 0 Å². The molecule has 5 heteroatoms. The van der Waals surface area contributed by atoms with Crippen LogP contribution in [-0.4, -0.2) is 23.5 Å². The molecule has 1 aliphatic rings. The molecule has 1 unspecified atom stereocenters. The van der Waals surface area contributed by atoms with Crippen LogP contribution in [0, 0.1) is 18.7 Å². The van der Waals surface area contributed by atoms with E-state index < -0.39 is 11.9 Å². The summed E-state index contributed by atoms with van der Waals surface area (Å²) in [6, 6.07) is 11.8. The number of nitrogens with zero attached hydrogens (tertiary/aromatic N) is 1. The Morgan fingerprint density at radius 1 is 1.22 bits per heavy atom. The van der Waals surface area contributed by atoms with Crippen LogP contribution in [0.3, 0.4) is 0 Å². The van der Waals surface area contributed by atoms with Crippen molar-refractivity contribution in [1.29, 1.82) is 0 Å². The molecule has 0 spiro atoms. The molecule has 1 heterocycles. The van der Waals surface area contributed by atoms with E-state index in [1.54, 1.807) is 36.4 Å². The SMILES string of the molecule is Cc1ccc(F)c(-c2ccc(N3CC(C(=O)O)CC3=O)cc2)c1. The van der Waals surface area contributed by atoms with Gasteiger partial charge in [0.25, 0.3) is 0 Å². The maximum Gasteiger partial charge on any atom is 0.308 e. The molecule has 23 heavy (non-hydrogen) atoms. The van der Waals surface area contributed by atoms with Crippen molar-refractivity contribution < 1.29 is 19.1 Å². The summed E-state index contributed by atoms with van der Waals surface area (Å²) in [5.41, 5.74) is 2.82. The fourth-order valence-corrected chi connectivity index (χ4v) is 2.80. The predicted octanol–water partition coefficient (Wildman–Crippen LogP) is 3.24. The summed E-state index contributed by atoms with van der Waals surface area (Å²) >= 11 is 0. The fourth-order valence-electron chi connectivity index (χ4n) is 2.80. The third-order valence-corrected chi connectivity index (χ3v) is 4.09. The molecule has 3 rings (SSSR count). The lowest BCUT2D eigenvalue weighted by Crippen LogP contribution is -2.25. The van der Waals surface area contributed by atoms with Gasteiger partial charge < -0.3 is 10.0 Å². The largest absolute Gasteiger partial charge is 0.481 e. The molecule has 1 amide bonds. The Kier molecular flexibility index (Phi) is 3.86. The predicted molar refractivity (Wildman–Crippen MR) is 84.7 cm³/mol. The van der Waals surface area contributed by atoms with E-state index in [-0.39, 0.29) is 24.7 Å². The highest BCUT2D eigenvalue weighted by Crippen LogP contribution is 2.29. The van der Waals surface area contributed by atoms with E-state index in [4.69, 9.17) is 5.11 Å². The van der Waals surface area contributed by atoms with Crippen molar-refractivity contribution in [2.24, 2.45) is 5.92 Å². The van der Waals surface area contributed by atoms with Crippen molar-refractivity contribution in [1.82, 2.24) is 0 Å². The van der Waals surface area contributed by atoms with Gasteiger partial charge in [0.15, 0.2) is 0 Å². The number of aliphatic carboxylic acids is 1. The third-order valence-electron chi connectivity index (χ3n) is 4.09. The molecule has 0 aliphatic carbocycles. The Morgan fingerprint density at radius 3 is 2.52 bits per heavy atom. The van der Waals surface area contributed by atoms with Gasteiger partial charge in [0.1, 0.15) is 5.82 Å². The van der Waals surface area contributed by atoms with Gasteiger partial charge in [0.05, 0.1) is 5.92 Å². The maximum atomic E-state index is 13.9. The van der Waals surface area contributed by atoms with Crippen molar-refractivity contribution in [2.45, 2.75) is 13.3 Å². The molecule has 2 aromatic rings. The highest BCUT2D eigenvalue weighted by atomic mass is 19.1. The summed E-state index contributed by atoms with van der Waals surface area (Å²) in [5, 5.41) is 9.02. The Hall–Kier alpha value is -2.69. The molecule has 0 saturated carbocycles. The molecule has 0 radical (unpaired) electrons. The van der Waals surface area contributed by atoms with Crippen LogP contribution in [0.5, 0.6) is 0 Å². The topological polar surface area (TPSA) is 57.6 Å². The number of rotatable bonds is 3. The maximum absolute atomic E-state index is 13.9. The number of halogens is 1. The van der Waals surface area contributed by atoms with Crippen molar-refractivity contribution in [3.8, 4) is 11.1 Å². The molecule has 1 N–H and O–H groups in total. The number of benzene rings is 2. The average Bonchev–Trinajstić information content (AvgIpc) is 2.92. The second kappa shape index (κ2) is 5.83. The standard InChI is InChI=1S/C18H16FNO3/c1-11-2-7-16(19)15(8-11)12-3-5-14(6-4-12)20-10-13(18(22)23)9-17(20)21/h2-8,13H,9-10H2,1H3,(H,22,23). The fraction of sp³-hybridized carbons (Fsp3) is 0.222. The van der Waals surface area contributed by atoms with Crippen LogP contribution in [0.25, 0.3) is 11.1 Å². The smallest absolute Gasteiger partial charge is 0.308 e. The van der Waals surface area contributed by atoms with Gasteiger partial charge in [-0.05, 0) is 36.8 Å². The summed E-state index contributed by atoms with van der Waals surface area (Å²) in [4.78, 5) is 24.4. The van der Waals surface area contributed by atoms with Gasteiger partial charge in [-0.1, -0.05) is 23.8 Å². The lowest BCUT2D eigenvalue weighted by molar-refractivity contribution is -0.141. The number of aryl methyl sites for hydroxylation is 1. The Morgan fingerprint density at radius 2 is 1.91 bits per heavy atom. The van der Waals surface area contributed by atoms with Gasteiger partial charge in [-0.2, -0.15) is 0 Å². The Labute approximate surface area is 133 Å². The van der Waals surface area contributed by atoms with Gasteiger partial charge in [-0.15, -0.1) is 0 Å². The van der Waals surface area contributed by atoms with Gasteiger partial charge in [-0.25, -0.2) is 4.39 Å². The van der Waals surface area contributed by atoms with Crippen LogP contribution < -0.4 is 4.90 Å². The first-order valence-electron chi connectivity index (χ1n) is 7.35. The van der Waals surface area contributed by atoms with Crippen LogP contribution in [0.4, 0.5) is 10.1 Å². The highest BCUT2D eigenvalue weighted by Gasteiger charge is 2.34. The molecule has 1 fully saturated rings. The zero-order valence-electron chi connectivity index (χ0n) is 12.6. The van der Waals surface area contributed by atoms with Gasteiger partial charge in [0, 0.05) is 24.2 Å². The molecule has 118 valence electrons. The number of carbonyl (C=O) groups excluding carboxylic acids is 1. The van der Waals surface area contributed by atoms with Crippen LogP contribution in [0.15, 0.2) is 42.5 Å². The Balaban J connectivity index is 1.87. The van der Waals surface area contributed by atoms with E-state index in [1.807, 2.05) is 6.92 Å². The number of anilines is 1. The normalized spacial score (nSPS) is 17.6. The first-order valence-corrected chi connectivity index (χ1v) is 7.35. The highest BCUT2D eigenvalue weighted by molar-refractivity contribution is 5.99. The van der Waals surface area contributed by atoms with Crippen LogP contribution in [-0.2, 0) is 9.59 Å². The summed E-state index contributed by atoms with van der Waals surface area (Å²) < 4.78 is 13.9. The number of hydrogen-bond acceptors (Lipinski definition) is 2. The quantitative estimate of drug-likeness (QED) is 0.946. The summed E-state index contributed by atoms with van der Waals surface area (Å²) in [5.74, 6) is -2.13. The molecular formula is C18H16FNO3. The summed E-state index contributed by atoms with van der Waals surface area (Å²) in [6.45, 7) is 2.07. The lowest BCUT2D eigenvalue weighted by Gasteiger charge is -2.16. The zero-order valence-corrected chi connectivity index (χ0v) is 12.6. The molecule has 2 aromatic carbocycles. The van der Waals surface area contributed by atoms with Crippen molar-refractivity contribution in [2.75, 3.05) is 11.4 Å².